The molecule has 2 heterocycles. The van der Waals surface area contributed by atoms with Gasteiger partial charge >= 0.3 is 0 Å². The molecule has 1 aliphatic rings. The van der Waals surface area contributed by atoms with Crippen molar-refractivity contribution in [3.63, 3.8) is 0 Å². The molecule has 1 N–H and O–H groups in total. The first-order valence-electron chi connectivity index (χ1n) is 11.9. The monoisotopic (exact) mass is 522 g/mol. The number of tetrazole rings is 1. The summed E-state index contributed by atoms with van der Waals surface area (Å²) in [6.45, 7) is -0.344. The molecule has 5 rings (SSSR count). The van der Waals surface area contributed by atoms with Gasteiger partial charge in [-0.2, -0.15) is 4.80 Å². The van der Waals surface area contributed by atoms with Gasteiger partial charge in [0.15, 0.2) is 0 Å². The van der Waals surface area contributed by atoms with Crippen LogP contribution in [0.3, 0.4) is 0 Å². The van der Waals surface area contributed by atoms with Gasteiger partial charge in [-0.05, 0) is 72.0 Å². The molecular formula is C26H24F2N6O2S. The fourth-order valence-corrected chi connectivity index (χ4v) is 5.27. The molecule has 0 radical (unpaired) electrons. The van der Waals surface area contributed by atoms with Crippen molar-refractivity contribution in [2.45, 2.75) is 44.3 Å². The minimum Gasteiger partial charge on any atom is -0.351 e. The Morgan fingerprint density at radius 1 is 1.05 bits per heavy atom. The lowest BCUT2D eigenvalue weighted by Crippen LogP contribution is -2.47. The van der Waals surface area contributed by atoms with Crippen molar-refractivity contribution in [3.05, 3.63) is 82.6 Å². The smallest absolute Gasteiger partial charge is 0.251 e. The van der Waals surface area contributed by atoms with Crippen LogP contribution >= 0.6 is 11.3 Å². The summed E-state index contributed by atoms with van der Waals surface area (Å²) in [5.74, 6) is -1.56. The molecule has 2 amide bonds. The summed E-state index contributed by atoms with van der Waals surface area (Å²) in [6, 6.07) is 13.8. The summed E-state index contributed by atoms with van der Waals surface area (Å²) in [6.07, 6.45) is 3.84. The zero-order chi connectivity index (χ0) is 25.8. The molecular weight excluding hydrogens is 498 g/mol. The molecule has 1 saturated carbocycles. The molecule has 4 aromatic rings. The molecule has 11 heteroatoms. The van der Waals surface area contributed by atoms with E-state index in [1.54, 1.807) is 18.2 Å². The number of nitrogens with zero attached hydrogens (tertiary/aromatic N) is 5. The summed E-state index contributed by atoms with van der Waals surface area (Å²) in [5.41, 5.74) is 0.776. The SMILES string of the molecule is O=C(NC1CCCC1)[C@@H](c1cccs1)N(C(=O)Cn1nnc(-c2ccc(F)cc2)n1)c1cccc(F)c1. The first-order valence-corrected chi connectivity index (χ1v) is 12.8. The summed E-state index contributed by atoms with van der Waals surface area (Å²) < 4.78 is 27.5. The Balaban J connectivity index is 1.47. The molecule has 1 aliphatic carbocycles. The quantitative estimate of drug-likeness (QED) is 0.368. The molecule has 1 fully saturated rings. The molecule has 2 aromatic heterocycles. The Hall–Kier alpha value is -3.99. The Labute approximate surface area is 215 Å². The predicted octanol–water partition coefficient (Wildman–Crippen LogP) is 4.51. The van der Waals surface area contributed by atoms with Crippen molar-refractivity contribution in [1.29, 1.82) is 0 Å². The van der Waals surface area contributed by atoms with Gasteiger partial charge in [0.25, 0.3) is 5.91 Å². The highest BCUT2D eigenvalue weighted by molar-refractivity contribution is 7.10. The maximum absolute atomic E-state index is 14.3. The van der Waals surface area contributed by atoms with Crippen molar-refractivity contribution >= 4 is 28.8 Å². The molecule has 0 aliphatic heterocycles. The highest BCUT2D eigenvalue weighted by Gasteiger charge is 2.35. The maximum Gasteiger partial charge on any atom is 0.251 e. The Morgan fingerprint density at radius 2 is 1.84 bits per heavy atom. The molecule has 1 atom stereocenters. The van der Waals surface area contributed by atoms with E-state index < -0.39 is 23.6 Å². The second-order valence-corrected chi connectivity index (χ2v) is 9.78. The van der Waals surface area contributed by atoms with Crippen molar-refractivity contribution in [1.82, 2.24) is 25.5 Å². The van der Waals surface area contributed by atoms with Gasteiger partial charge in [0.2, 0.25) is 11.7 Å². The van der Waals surface area contributed by atoms with E-state index in [9.17, 15) is 18.4 Å². The topological polar surface area (TPSA) is 93.0 Å². The van der Waals surface area contributed by atoms with Crippen molar-refractivity contribution < 1.29 is 18.4 Å². The standard InChI is InChI=1S/C26H24F2N6O2S/c27-18-12-10-17(11-13-18)25-30-32-33(31-25)16-23(35)34(21-8-3-5-19(28)15-21)24(22-9-4-14-37-22)26(36)29-20-6-1-2-7-20/h3-5,8-15,20,24H,1-2,6-7,16H2,(H,29,36)/t24-/m1/s1. The largest absolute Gasteiger partial charge is 0.351 e. The van der Waals surface area contributed by atoms with E-state index >= 15 is 0 Å². The lowest BCUT2D eigenvalue weighted by molar-refractivity contribution is -0.127. The van der Waals surface area contributed by atoms with Gasteiger partial charge in [0.1, 0.15) is 24.2 Å². The van der Waals surface area contributed by atoms with Crippen LogP contribution in [0.25, 0.3) is 11.4 Å². The summed E-state index contributed by atoms with van der Waals surface area (Å²) in [5, 5.41) is 17.1. The second kappa shape index (κ2) is 11.0. The van der Waals surface area contributed by atoms with Gasteiger partial charge in [-0.1, -0.05) is 25.0 Å². The minimum absolute atomic E-state index is 0.0367. The fourth-order valence-electron chi connectivity index (χ4n) is 4.46. The molecule has 8 nitrogen and oxygen atoms in total. The number of halogens is 2. The fraction of sp³-hybridized carbons (Fsp3) is 0.269. The second-order valence-electron chi connectivity index (χ2n) is 8.80. The first kappa shape index (κ1) is 24.7. The number of hydrogen-bond donors (Lipinski definition) is 1. The molecule has 37 heavy (non-hydrogen) atoms. The highest BCUT2D eigenvalue weighted by atomic mass is 32.1. The van der Waals surface area contributed by atoms with Gasteiger partial charge in [-0.3, -0.25) is 14.5 Å². The number of nitrogens with one attached hydrogen (secondary N) is 1. The highest BCUT2D eigenvalue weighted by Crippen LogP contribution is 2.32. The number of amides is 2. The van der Waals surface area contributed by atoms with Crippen LogP contribution in [0.15, 0.2) is 66.0 Å². The van der Waals surface area contributed by atoms with Crippen LogP contribution in [0.4, 0.5) is 14.5 Å². The maximum atomic E-state index is 14.3. The average molecular weight is 523 g/mol. The number of benzene rings is 2. The van der Waals surface area contributed by atoms with Crippen LogP contribution in [-0.2, 0) is 16.1 Å². The van der Waals surface area contributed by atoms with Crippen LogP contribution in [0.2, 0.25) is 0 Å². The Kier molecular flexibility index (Phi) is 7.31. The number of anilines is 1. The predicted molar refractivity (Wildman–Crippen MR) is 135 cm³/mol. The zero-order valence-electron chi connectivity index (χ0n) is 19.8. The van der Waals surface area contributed by atoms with Crippen LogP contribution in [0.1, 0.15) is 36.6 Å². The third-order valence-corrected chi connectivity index (χ3v) is 7.13. The van der Waals surface area contributed by atoms with Crippen molar-refractivity contribution in [2.75, 3.05) is 4.90 Å². The van der Waals surface area contributed by atoms with E-state index in [0.717, 1.165) is 30.5 Å². The molecule has 0 unspecified atom stereocenters. The number of hydrogen-bond acceptors (Lipinski definition) is 6. The Bertz CT molecular complexity index is 1370. The van der Waals surface area contributed by atoms with E-state index in [-0.39, 0.29) is 30.0 Å². The summed E-state index contributed by atoms with van der Waals surface area (Å²) in [7, 11) is 0. The molecule has 2 aromatic carbocycles. The van der Waals surface area contributed by atoms with Gasteiger partial charge in [0, 0.05) is 22.2 Å². The van der Waals surface area contributed by atoms with Gasteiger partial charge in [-0.25, -0.2) is 8.78 Å². The molecule has 0 bridgehead atoms. The van der Waals surface area contributed by atoms with Gasteiger partial charge < -0.3 is 5.32 Å². The van der Waals surface area contributed by atoms with Gasteiger partial charge in [-0.15, -0.1) is 21.5 Å². The normalized spacial score (nSPS) is 14.4. The third-order valence-electron chi connectivity index (χ3n) is 6.21. The first-order chi connectivity index (χ1) is 18.0. The average Bonchev–Trinajstić information content (AvgIpc) is 3.66. The summed E-state index contributed by atoms with van der Waals surface area (Å²) >= 11 is 1.34. The van der Waals surface area contributed by atoms with Gasteiger partial charge in [0.05, 0.1) is 0 Å². The van der Waals surface area contributed by atoms with E-state index in [2.05, 4.69) is 20.7 Å². The van der Waals surface area contributed by atoms with Crippen LogP contribution in [0.5, 0.6) is 0 Å². The van der Waals surface area contributed by atoms with Crippen molar-refractivity contribution in [3.8, 4) is 11.4 Å². The Morgan fingerprint density at radius 3 is 2.54 bits per heavy atom. The number of carbonyl (C=O) groups excluding carboxylic acids is 2. The van der Waals surface area contributed by atoms with E-state index in [4.69, 9.17) is 0 Å². The van der Waals surface area contributed by atoms with E-state index in [0.29, 0.717) is 10.4 Å². The molecule has 0 saturated heterocycles. The number of rotatable bonds is 8. The minimum atomic E-state index is -1.00. The molecule has 190 valence electrons. The summed E-state index contributed by atoms with van der Waals surface area (Å²) in [4.78, 5) is 30.4. The van der Waals surface area contributed by atoms with Crippen LogP contribution < -0.4 is 10.2 Å². The van der Waals surface area contributed by atoms with E-state index in [1.807, 2.05) is 5.38 Å². The van der Waals surface area contributed by atoms with Crippen molar-refractivity contribution in [2.24, 2.45) is 0 Å². The van der Waals surface area contributed by atoms with Crippen LogP contribution in [0, 0.1) is 11.6 Å². The third kappa shape index (κ3) is 5.72. The number of thiophene rings is 1. The number of aromatic nitrogens is 4. The van der Waals surface area contributed by atoms with E-state index in [1.165, 1.54) is 58.7 Å². The lowest BCUT2D eigenvalue weighted by atomic mass is 10.1. The zero-order valence-corrected chi connectivity index (χ0v) is 20.6. The lowest BCUT2D eigenvalue weighted by Gasteiger charge is -2.31. The van der Waals surface area contributed by atoms with Crippen LogP contribution in [-0.4, -0.2) is 38.1 Å². The number of carbonyl (C=O) groups is 2. The molecule has 0 spiro atoms.